The van der Waals surface area contributed by atoms with Crippen molar-refractivity contribution in [2.75, 3.05) is 0 Å². The van der Waals surface area contributed by atoms with Crippen molar-refractivity contribution in [3.63, 3.8) is 0 Å². The Kier molecular flexibility index (Phi) is 4.74. The monoisotopic (exact) mass is 616 g/mol. The molecular weight excluding hydrogens is 589 g/mol. The molecule has 0 radical (unpaired) electrons. The van der Waals surface area contributed by atoms with Gasteiger partial charge in [0.05, 0.1) is 5.41 Å². The molecule has 10 aromatic carbocycles. The fourth-order valence-corrected chi connectivity index (χ4v) is 9.80. The van der Waals surface area contributed by atoms with E-state index in [2.05, 4.69) is 170 Å². The third-order valence-corrected chi connectivity index (χ3v) is 11.8. The molecule has 2 aliphatic carbocycles. The first-order valence-electron chi connectivity index (χ1n) is 17.3. The molecule has 1 spiro atoms. The topological polar surface area (TPSA) is 0 Å². The summed E-state index contributed by atoms with van der Waals surface area (Å²) in [5, 5.41) is 13.1. The standard InChI is InChI=1S/C49H28/c1-2-11-37-29(8-1)22-25-44-48(37)41-27-33-18-19-34(36-23-20-32-17-16-30-9-7-10-31-21-24-40(36)47(32)46(30)31)26-35(33)28-45(41)49(44)42-14-5-3-12-38(42)39-13-4-6-15-43(39)49/h1-28H. The van der Waals surface area contributed by atoms with Gasteiger partial charge in [-0.1, -0.05) is 152 Å². The molecule has 0 N–H and O–H groups in total. The zero-order valence-electron chi connectivity index (χ0n) is 26.7. The summed E-state index contributed by atoms with van der Waals surface area (Å²) in [6.45, 7) is 0. The average Bonchev–Trinajstić information content (AvgIpc) is 3.63. The van der Waals surface area contributed by atoms with Crippen molar-refractivity contribution >= 4 is 53.9 Å². The molecule has 49 heavy (non-hydrogen) atoms. The molecular formula is C49H28. The Balaban J connectivity index is 1.17. The Morgan fingerprint density at radius 1 is 0.286 bits per heavy atom. The SMILES string of the molecule is c1ccc2c(c1)-c1ccccc1C21c2cc3cc(-c4ccc5ccc6cccc7ccc4c5c67)ccc3cc2-c2c1ccc1ccccc21. The number of benzene rings is 10. The average molecular weight is 617 g/mol. The van der Waals surface area contributed by atoms with Crippen LogP contribution in [0.1, 0.15) is 22.3 Å². The number of rotatable bonds is 1. The van der Waals surface area contributed by atoms with Crippen molar-refractivity contribution in [2.24, 2.45) is 0 Å². The van der Waals surface area contributed by atoms with Gasteiger partial charge in [-0.2, -0.15) is 0 Å². The molecule has 10 aromatic rings. The van der Waals surface area contributed by atoms with E-state index in [0.717, 1.165) is 0 Å². The fraction of sp³-hybridized carbons (Fsp3) is 0.0204. The summed E-state index contributed by atoms with van der Waals surface area (Å²) < 4.78 is 0. The molecule has 0 fully saturated rings. The Hall–Kier alpha value is -6.24. The zero-order valence-corrected chi connectivity index (χ0v) is 26.7. The molecule has 224 valence electrons. The lowest BCUT2D eigenvalue weighted by Crippen LogP contribution is -2.25. The minimum Gasteiger partial charge on any atom is -0.0619 e. The Morgan fingerprint density at radius 2 is 0.918 bits per heavy atom. The highest BCUT2D eigenvalue weighted by molar-refractivity contribution is 6.25. The van der Waals surface area contributed by atoms with Gasteiger partial charge in [-0.25, -0.2) is 0 Å². The summed E-state index contributed by atoms with van der Waals surface area (Å²) in [5.74, 6) is 0. The number of hydrogen-bond donors (Lipinski definition) is 0. The third-order valence-electron chi connectivity index (χ3n) is 11.8. The van der Waals surface area contributed by atoms with Crippen molar-refractivity contribution in [3.8, 4) is 33.4 Å². The van der Waals surface area contributed by atoms with Crippen LogP contribution in [0.3, 0.4) is 0 Å². The molecule has 0 heterocycles. The lowest BCUT2D eigenvalue weighted by molar-refractivity contribution is 0.795. The third kappa shape index (κ3) is 3.11. The van der Waals surface area contributed by atoms with Crippen LogP contribution in [0.15, 0.2) is 170 Å². The largest absolute Gasteiger partial charge is 0.0725 e. The van der Waals surface area contributed by atoms with Gasteiger partial charge in [-0.15, -0.1) is 0 Å². The van der Waals surface area contributed by atoms with Gasteiger partial charge in [0, 0.05) is 0 Å². The zero-order chi connectivity index (χ0) is 31.8. The molecule has 0 saturated heterocycles. The predicted molar refractivity (Wildman–Crippen MR) is 207 cm³/mol. The number of hydrogen-bond acceptors (Lipinski definition) is 0. The Morgan fingerprint density at radius 3 is 1.73 bits per heavy atom. The van der Waals surface area contributed by atoms with Gasteiger partial charge in [0.1, 0.15) is 0 Å². The van der Waals surface area contributed by atoms with Gasteiger partial charge < -0.3 is 0 Å². The van der Waals surface area contributed by atoms with Crippen LogP contribution in [0.4, 0.5) is 0 Å². The van der Waals surface area contributed by atoms with E-state index in [1.54, 1.807) is 0 Å². The minimum atomic E-state index is -0.376. The highest BCUT2D eigenvalue weighted by atomic mass is 14.5. The van der Waals surface area contributed by atoms with Crippen LogP contribution in [0.2, 0.25) is 0 Å². The van der Waals surface area contributed by atoms with E-state index >= 15 is 0 Å². The highest BCUT2D eigenvalue weighted by Crippen LogP contribution is 2.64. The summed E-state index contributed by atoms with van der Waals surface area (Å²) in [4.78, 5) is 0. The highest BCUT2D eigenvalue weighted by Gasteiger charge is 2.52. The minimum absolute atomic E-state index is 0.376. The smallest absolute Gasteiger partial charge is 0.0619 e. The maximum atomic E-state index is 2.53. The summed E-state index contributed by atoms with van der Waals surface area (Å²) in [5.41, 5.74) is 13.1. The van der Waals surface area contributed by atoms with Crippen molar-refractivity contribution < 1.29 is 0 Å². The first-order chi connectivity index (χ1) is 24.3. The van der Waals surface area contributed by atoms with Gasteiger partial charge in [0.15, 0.2) is 0 Å². The molecule has 12 rings (SSSR count). The second-order valence-corrected chi connectivity index (χ2v) is 14.0. The van der Waals surface area contributed by atoms with Crippen LogP contribution in [-0.4, -0.2) is 0 Å². The fourth-order valence-electron chi connectivity index (χ4n) is 9.80. The Labute approximate surface area is 283 Å². The van der Waals surface area contributed by atoms with Gasteiger partial charge in [-0.05, 0) is 128 Å². The van der Waals surface area contributed by atoms with E-state index in [1.165, 1.54) is 109 Å². The Bertz CT molecular complexity index is 2990. The molecule has 0 amide bonds. The second kappa shape index (κ2) is 9.01. The van der Waals surface area contributed by atoms with Crippen LogP contribution in [0, 0.1) is 0 Å². The van der Waals surface area contributed by atoms with Gasteiger partial charge in [0.25, 0.3) is 0 Å². The van der Waals surface area contributed by atoms with Crippen LogP contribution in [-0.2, 0) is 5.41 Å². The van der Waals surface area contributed by atoms with Gasteiger partial charge in [0.2, 0.25) is 0 Å². The summed E-state index contributed by atoms with van der Waals surface area (Å²) in [6.07, 6.45) is 0. The molecule has 0 aliphatic heterocycles. The maximum absolute atomic E-state index is 2.53. The first kappa shape index (κ1) is 25.8. The molecule has 0 heteroatoms. The van der Waals surface area contributed by atoms with E-state index in [9.17, 15) is 0 Å². The normalized spacial score (nSPS) is 13.9. The lowest BCUT2D eigenvalue weighted by Gasteiger charge is -2.30. The predicted octanol–water partition coefficient (Wildman–Crippen LogP) is 12.9. The van der Waals surface area contributed by atoms with Crippen molar-refractivity contribution in [3.05, 3.63) is 192 Å². The molecule has 0 nitrogen and oxygen atoms in total. The van der Waals surface area contributed by atoms with Crippen LogP contribution < -0.4 is 0 Å². The van der Waals surface area contributed by atoms with E-state index in [0.29, 0.717) is 0 Å². The van der Waals surface area contributed by atoms with Gasteiger partial charge in [-0.3, -0.25) is 0 Å². The molecule has 0 saturated carbocycles. The van der Waals surface area contributed by atoms with Crippen LogP contribution in [0.25, 0.3) is 87.2 Å². The molecule has 0 aromatic heterocycles. The molecule has 0 unspecified atom stereocenters. The van der Waals surface area contributed by atoms with Crippen LogP contribution in [0.5, 0.6) is 0 Å². The maximum Gasteiger partial charge on any atom is 0.0725 e. The molecule has 0 atom stereocenters. The van der Waals surface area contributed by atoms with Crippen molar-refractivity contribution in [1.29, 1.82) is 0 Å². The number of fused-ring (bicyclic) bond motifs is 13. The van der Waals surface area contributed by atoms with E-state index in [4.69, 9.17) is 0 Å². The lowest BCUT2D eigenvalue weighted by atomic mass is 9.70. The van der Waals surface area contributed by atoms with Crippen molar-refractivity contribution in [2.45, 2.75) is 5.41 Å². The van der Waals surface area contributed by atoms with E-state index in [1.807, 2.05) is 0 Å². The quantitative estimate of drug-likeness (QED) is 0.161. The first-order valence-corrected chi connectivity index (χ1v) is 17.3. The summed E-state index contributed by atoms with van der Waals surface area (Å²) in [6, 6.07) is 64.4. The molecule has 2 aliphatic rings. The van der Waals surface area contributed by atoms with Gasteiger partial charge >= 0.3 is 0 Å². The van der Waals surface area contributed by atoms with E-state index < -0.39 is 0 Å². The second-order valence-electron chi connectivity index (χ2n) is 14.0. The van der Waals surface area contributed by atoms with Crippen molar-refractivity contribution in [1.82, 2.24) is 0 Å². The molecule has 0 bridgehead atoms. The summed E-state index contributed by atoms with van der Waals surface area (Å²) in [7, 11) is 0. The summed E-state index contributed by atoms with van der Waals surface area (Å²) >= 11 is 0. The van der Waals surface area contributed by atoms with Crippen LogP contribution >= 0.6 is 0 Å². The van der Waals surface area contributed by atoms with E-state index in [-0.39, 0.29) is 5.41 Å².